The Balaban J connectivity index is 2.30. The van der Waals surface area contributed by atoms with Crippen LogP contribution in [0.1, 0.15) is 38.2 Å². The first-order chi connectivity index (χ1) is 9.26. The van der Waals surface area contributed by atoms with Crippen molar-refractivity contribution in [1.82, 2.24) is 0 Å². The van der Waals surface area contributed by atoms with Gasteiger partial charge in [0, 0.05) is 12.1 Å². The Morgan fingerprint density at radius 2 is 2.00 bits per heavy atom. The molecule has 0 saturated heterocycles. The summed E-state index contributed by atoms with van der Waals surface area (Å²) in [4.78, 5) is 21.2. The number of benzene rings is 1. The molecule has 0 aliphatic carbocycles. The second kappa shape index (κ2) is 9.14. The molecule has 1 aromatic rings. The molecule has 1 radical (unpaired) electrons. The molecule has 19 heavy (non-hydrogen) atoms. The van der Waals surface area contributed by atoms with E-state index in [4.69, 9.17) is 0 Å². The minimum absolute atomic E-state index is 0.0533. The van der Waals surface area contributed by atoms with Crippen molar-refractivity contribution in [3.8, 4) is 0 Å². The molecule has 1 rings (SSSR count). The zero-order chi connectivity index (χ0) is 13.9. The quantitative estimate of drug-likeness (QED) is 0.696. The fourth-order valence-electron chi connectivity index (χ4n) is 1.75. The molecule has 0 bridgehead atoms. The summed E-state index contributed by atoms with van der Waals surface area (Å²) in [6, 6.07) is 7.85. The van der Waals surface area contributed by atoms with Crippen LogP contribution in [0.5, 0.6) is 0 Å². The topological polar surface area (TPSA) is 55.4 Å². The zero-order valence-electron chi connectivity index (χ0n) is 11.3. The number of carbonyl (C=O) groups is 1. The lowest BCUT2D eigenvalue weighted by atomic mass is 10.1. The fraction of sp³-hybridized carbons (Fsp3) is 0.467. The molecule has 0 aliphatic heterocycles. The van der Waals surface area contributed by atoms with Gasteiger partial charge in [-0.05, 0) is 43.4 Å². The van der Waals surface area contributed by atoms with Crippen molar-refractivity contribution in [3.63, 3.8) is 0 Å². The molecule has 0 fully saturated rings. The van der Waals surface area contributed by atoms with E-state index in [1.165, 1.54) is 12.0 Å². The van der Waals surface area contributed by atoms with E-state index in [1.807, 2.05) is 31.2 Å². The Bertz CT molecular complexity index is 387. The van der Waals surface area contributed by atoms with E-state index < -0.39 is 0 Å². The Hall–Kier alpha value is -1.84. The van der Waals surface area contributed by atoms with Crippen LogP contribution < -0.4 is 5.32 Å². The predicted molar refractivity (Wildman–Crippen MR) is 74.6 cm³/mol. The van der Waals surface area contributed by atoms with Crippen molar-refractivity contribution >= 4 is 18.1 Å². The Morgan fingerprint density at radius 1 is 1.26 bits per heavy atom. The lowest BCUT2D eigenvalue weighted by molar-refractivity contribution is -0.116. The molecule has 1 aromatic carbocycles. The first kappa shape index (κ1) is 15.2. The highest BCUT2D eigenvalue weighted by molar-refractivity contribution is 5.90. The smallest absolute Gasteiger partial charge is 0.417 e. The Morgan fingerprint density at radius 3 is 2.63 bits per heavy atom. The van der Waals surface area contributed by atoms with E-state index in [1.54, 1.807) is 0 Å². The van der Waals surface area contributed by atoms with Gasteiger partial charge < -0.3 is 10.1 Å². The van der Waals surface area contributed by atoms with Gasteiger partial charge in [-0.25, -0.2) is 4.79 Å². The van der Waals surface area contributed by atoms with Gasteiger partial charge in [0.15, 0.2) is 0 Å². The summed E-state index contributed by atoms with van der Waals surface area (Å²) in [7, 11) is 0. The summed E-state index contributed by atoms with van der Waals surface area (Å²) in [5.41, 5.74) is 2.05. The van der Waals surface area contributed by atoms with E-state index in [-0.39, 0.29) is 5.91 Å². The van der Waals surface area contributed by atoms with Crippen molar-refractivity contribution < 1.29 is 14.3 Å². The van der Waals surface area contributed by atoms with Crippen LogP contribution in [-0.2, 0) is 20.7 Å². The number of unbranched alkanes of at least 4 members (excludes halogenated alkanes) is 1. The lowest BCUT2D eigenvalue weighted by Crippen LogP contribution is -2.10. The average molecular weight is 262 g/mol. The third-order valence-corrected chi connectivity index (χ3v) is 2.74. The molecule has 0 spiro atoms. The van der Waals surface area contributed by atoms with Gasteiger partial charge in [-0.2, -0.15) is 0 Å². The molecular weight excluding hydrogens is 242 g/mol. The van der Waals surface area contributed by atoms with Crippen LogP contribution >= 0.6 is 0 Å². The van der Waals surface area contributed by atoms with Crippen molar-refractivity contribution in [1.29, 1.82) is 0 Å². The van der Waals surface area contributed by atoms with Gasteiger partial charge in [0.05, 0.1) is 6.61 Å². The summed E-state index contributed by atoms with van der Waals surface area (Å²) < 4.78 is 4.50. The van der Waals surface area contributed by atoms with E-state index in [9.17, 15) is 9.59 Å². The van der Waals surface area contributed by atoms with Crippen LogP contribution in [0.4, 0.5) is 5.69 Å². The van der Waals surface area contributed by atoms with Crippen LogP contribution in [-0.4, -0.2) is 19.0 Å². The summed E-state index contributed by atoms with van der Waals surface area (Å²) in [6.45, 7) is 3.82. The molecule has 0 unspecified atom stereocenters. The summed E-state index contributed by atoms with van der Waals surface area (Å²) in [5, 5.41) is 2.85. The molecule has 103 valence electrons. The summed E-state index contributed by atoms with van der Waals surface area (Å²) in [6.07, 6.45) is 4.14. The van der Waals surface area contributed by atoms with E-state index in [0.717, 1.165) is 31.4 Å². The zero-order valence-corrected chi connectivity index (χ0v) is 11.3. The number of rotatable bonds is 9. The van der Waals surface area contributed by atoms with Crippen molar-refractivity contribution in [2.24, 2.45) is 0 Å². The van der Waals surface area contributed by atoms with Crippen LogP contribution in [0.2, 0.25) is 0 Å². The maximum Gasteiger partial charge on any atom is 0.417 e. The van der Waals surface area contributed by atoms with Crippen LogP contribution in [0.15, 0.2) is 24.3 Å². The van der Waals surface area contributed by atoms with Crippen LogP contribution in [0.3, 0.4) is 0 Å². The normalized spacial score (nSPS) is 9.95. The fourth-order valence-corrected chi connectivity index (χ4v) is 1.75. The van der Waals surface area contributed by atoms with Gasteiger partial charge in [0.2, 0.25) is 5.91 Å². The number of amides is 1. The lowest BCUT2D eigenvalue weighted by Gasteiger charge is -2.06. The van der Waals surface area contributed by atoms with Gasteiger partial charge in [0.25, 0.3) is 0 Å². The molecular formula is C15H20NO3. The highest BCUT2D eigenvalue weighted by atomic mass is 16.5. The molecule has 0 heterocycles. The standard InChI is InChI=1S/C15H20NO3/c1-2-5-15(18)16-14-9-7-13(8-10-14)6-3-4-11-19-12-17/h7-10H,2-6,11H2,1H3,(H,16,18). The molecule has 4 heteroatoms. The van der Waals surface area contributed by atoms with Gasteiger partial charge in [-0.3, -0.25) is 4.79 Å². The third kappa shape index (κ3) is 6.60. The monoisotopic (exact) mass is 262 g/mol. The number of nitrogens with one attached hydrogen (secondary N) is 1. The molecule has 0 aromatic heterocycles. The van der Waals surface area contributed by atoms with Gasteiger partial charge in [-0.1, -0.05) is 19.1 Å². The molecule has 1 amide bonds. The molecule has 0 aliphatic rings. The maximum atomic E-state index is 11.4. The Kier molecular flexibility index (Phi) is 7.32. The SMILES string of the molecule is CCCC(=O)Nc1ccc(CCCCO[C]=O)cc1. The van der Waals surface area contributed by atoms with Gasteiger partial charge in [0.1, 0.15) is 0 Å². The predicted octanol–water partition coefficient (Wildman–Crippen LogP) is 2.83. The number of hydrogen-bond acceptors (Lipinski definition) is 3. The van der Waals surface area contributed by atoms with Crippen molar-refractivity contribution in [3.05, 3.63) is 29.8 Å². The molecule has 1 N–H and O–H groups in total. The summed E-state index contributed by atoms with van der Waals surface area (Å²) in [5.74, 6) is 0.0533. The highest BCUT2D eigenvalue weighted by Crippen LogP contribution is 2.12. The average Bonchev–Trinajstić information content (AvgIpc) is 2.41. The largest absolute Gasteiger partial charge is 0.457 e. The van der Waals surface area contributed by atoms with E-state index >= 15 is 0 Å². The second-order valence-electron chi connectivity index (χ2n) is 4.38. The van der Waals surface area contributed by atoms with Gasteiger partial charge >= 0.3 is 6.47 Å². The second-order valence-corrected chi connectivity index (χ2v) is 4.38. The minimum atomic E-state index is 0.0533. The minimum Gasteiger partial charge on any atom is -0.457 e. The van der Waals surface area contributed by atoms with Crippen molar-refractivity contribution in [2.75, 3.05) is 11.9 Å². The molecule has 0 atom stereocenters. The first-order valence-electron chi connectivity index (χ1n) is 6.64. The highest BCUT2D eigenvalue weighted by Gasteiger charge is 2.00. The third-order valence-electron chi connectivity index (χ3n) is 2.74. The molecule has 0 saturated carbocycles. The van der Waals surface area contributed by atoms with Crippen LogP contribution in [0.25, 0.3) is 0 Å². The van der Waals surface area contributed by atoms with Crippen molar-refractivity contribution in [2.45, 2.75) is 39.0 Å². The van der Waals surface area contributed by atoms with E-state index in [0.29, 0.717) is 13.0 Å². The first-order valence-corrected chi connectivity index (χ1v) is 6.64. The summed E-state index contributed by atoms with van der Waals surface area (Å²) >= 11 is 0. The molecule has 4 nitrogen and oxygen atoms in total. The maximum absolute atomic E-state index is 11.4. The number of aryl methyl sites for hydroxylation is 1. The number of hydrogen-bond donors (Lipinski definition) is 1. The number of anilines is 1. The van der Waals surface area contributed by atoms with Crippen LogP contribution in [0, 0.1) is 0 Å². The van der Waals surface area contributed by atoms with E-state index in [2.05, 4.69) is 10.1 Å². The number of carbonyl (C=O) groups excluding carboxylic acids is 2. The van der Waals surface area contributed by atoms with Gasteiger partial charge in [-0.15, -0.1) is 0 Å². The number of ether oxygens (including phenoxy) is 1. The Labute approximate surface area is 114 Å².